The van der Waals surface area contributed by atoms with Gasteiger partial charge in [0.25, 0.3) is 5.69 Å². The minimum atomic E-state index is -0.760. The Bertz CT molecular complexity index is 1030. The van der Waals surface area contributed by atoms with E-state index in [1.165, 1.54) is 6.07 Å². The molecule has 0 unspecified atom stereocenters. The van der Waals surface area contributed by atoms with E-state index in [9.17, 15) is 14.9 Å². The Morgan fingerprint density at radius 1 is 1.08 bits per heavy atom. The second-order valence-electron chi connectivity index (χ2n) is 7.19. The maximum absolute atomic E-state index is 13.2. The first-order valence-electron chi connectivity index (χ1n) is 8.43. The summed E-state index contributed by atoms with van der Waals surface area (Å²) in [6, 6.07) is 12.7. The Morgan fingerprint density at radius 3 is 2.54 bits per heavy atom. The van der Waals surface area contributed by atoms with Gasteiger partial charge in [-0.05, 0) is 38.5 Å². The van der Waals surface area contributed by atoms with Crippen LogP contribution in [0.15, 0.2) is 54.2 Å². The number of ketones is 1. The first-order valence-corrected chi connectivity index (χ1v) is 8.43. The summed E-state index contributed by atoms with van der Waals surface area (Å²) in [5, 5.41) is 11.1. The van der Waals surface area contributed by atoms with Gasteiger partial charge in [-0.3, -0.25) is 14.9 Å². The number of Topliss-reactive ketones (excluding diaryl/α,β-unsaturated/α-hetero) is 1. The normalized spacial score (nSPS) is 17.3. The van der Waals surface area contributed by atoms with Gasteiger partial charge >= 0.3 is 0 Å². The molecule has 5 heteroatoms. The first kappa shape index (κ1) is 16.3. The molecule has 0 fully saturated rings. The third-order valence-corrected chi connectivity index (χ3v) is 5.03. The van der Waals surface area contributed by atoms with Crippen LogP contribution in [0.3, 0.4) is 0 Å². The van der Waals surface area contributed by atoms with Crippen LogP contribution in [0.5, 0.6) is 0 Å². The van der Waals surface area contributed by atoms with Gasteiger partial charge in [-0.2, -0.15) is 0 Å². The van der Waals surface area contributed by atoms with E-state index in [1.54, 1.807) is 12.1 Å². The number of nitrogens with zero attached hydrogens (tertiary/aromatic N) is 2. The molecule has 0 aliphatic carbocycles. The predicted molar refractivity (Wildman–Crippen MR) is 102 cm³/mol. The maximum Gasteiger partial charge on any atom is 0.270 e. The van der Waals surface area contributed by atoms with Crippen molar-refractivity contribution < 1.29 is 9.72 Å². The van der Waals surface area contributed by atoms with E-state index in [0.717, 1.165) is 28.1 Å². The van der Waals surface area contributed by atoms with Crippen LogP contribution in [-0.2, 0) is 4.79 Å². The summed E-state index contributed by atoms with van der Waals surface area (Å²) in [7, 11) is 0. The van der Waals surface area contributed by atoms with Gasteiger partial charge in [0.05, 0.1) is 16.2 Å². The molecule has 0 saturated carbocycles. The van der Waals surface area contributed by atoms with Gasteiger partial charge in [0.15, 0.2) is 5.78 Å². The third-order valence-electron chi connectivity index (χ3n) is 5.03. The van der Waals surface area contributed by atoms with Crippen LogP contribution in [0.4, 0.5) is 11.4 Å². The largest absolute Gasteiger partial charge is 0.327 e. The Labute approximate surface area is 151 Å². The van der Waals surface area contributed by atoms with E-state index in [0.29, 0.717) is 5.57 Å². The second-order valence-corrected chi connectivity index (χ2v) is 7.19. The van der Waals surface area contributed by atoms with Crippen LogP contribution in [0.25, 0.3) is 11.6 Å². The van der Waals surface area contributed by atoms with Gasteiger partial charge in [0, 0.05) is 23.4 Å². The molecule has 2 aromatic rings. The van der Waals surface area contributed by atoms with Gasteiger partial charge in [0.1, 0.15) is 5.54 Å². The number of rotatable bonds is 2. The van der Waals surface area contributed by atoms with Crippen molar-refractivity contribution in [2.45, 2.75) is 26.3 Å². The molecule has 0 bridgehead atoms. The molecule has 0 radical (unpaired) electrons. The average Bonchev–Trinajstić information content (AvgIpc) is 2.81. The summed E-state index contributed by atoms with van der Waals surface area (Å²) in [4.78, 5) is 25.9. The van der Waals surface area contributed by atoms with Crippen molar-refractivity contribution in [3.63, 3.8) is 0 Å². The molecule has 0 saturated heterocycles. The zero-order valence-corrected chi connectivity index (χ0v) is 14.8. The number of anilines is 1. The van der Waals surface area contributed by atoms with Crippen LogP contribution in [-0.4, -0.2) is 16.2 Å². The molecular weight excluding hydrogens is 328 g/mol. The minimum Gasteiger partial charge on any atom is -0.327 e. The molecule has 2 aliphatic rings. The van der Waals surface area contributed by atoms with Crippen LogP contribution >= 0.6 is 0 Å². The second kappa shape index (κ2) is 5.39. The number of fused-ring (bicyclic) bond motifs is 3. The Hall–Kier alpha value is -3.21. The van der Waals surface area contributed by atoms with Crippen molar-refractivity contribution in [3.05, 3.63) is 81.0 Å². The van der Waals surface area contributed by atoms with Gasteiger partial charge in [-0.1, -0.05) is 35.9 Å². The number of nitro groups is 1. The topological polar surface area (TPSA) is 63.5 Å². The highest BCUT2D eigenvalue weighted by Crippen LogP contribution is 2.47. The highest BCUT2D eigenvalue weighted by Gasteiger charge is 2.47. The number of allylic oxidation sites excluding steroid dienone is 1. The van der Waals surface area contributed by atoms with Crippen LogP contribution in [0.2, 0.25) is 0 Å². The summed E-state index contributed by atoms with van der Waals surface area (Å²) in [6.45, 7) is 5.78. The van der Waals surface area contributed by atoms with Crippen molar-refractivity contribution in [2.75, 3.05) is 4.90 Å². The molecule has 0 amide bonds. The maximum atomic E-state index is 13.2. The lowest BCUT2D eigenvalue weighted by Gasteiger charge is -2.36. The zero-order chi connectivity index (χ0) is 18.6. The van der Waals surface area contributed by atoms with Crippen LogP contribution in [0, 0.1) is 17.0 Å². The first-order chi connectivity index (χ1) is 12.3. The molecule has 2 aliphatic heterocycles. The van der Waals surface area contributed by atoms with Crippen molar-refractivity contribution in [1.82, 2.24) is 0 Å². The van der Waals surface area contributed by atoms with Crippen LogP contribution < -0.4 is 4.90 Å². The summed E-state index contributed by atoms with van der Waals surface area (Å²) < 4.78 is 0. The van der Waals surface area contributed by atoms with Gasteiger partial charge in [-0.25, -0.2) is 0 Å². The van der Waals surface area contributed by atoms with E-state index in [1.807, 2.05) is 62.1 Å². The average molecular weight is 346 g/mol. The Morgan fingerprint density at radius 2 is 1.85 bits per heavy atom. The highest BCUT2D eigenvalue weighted by atomic mass is 16.6. The molecule has 2 heterocycles. The number of carbonyl (C=O) groups excluding carboxylic acids is 1. The molecule has 0 spiro atoms. The fraction of sp³-hybridized carbons (Fsp3) is 0.190. The van der Waals surface area contributed by atoms with E-state index in [2.05, 4.69) is 0 Å². The molecule has 4 rings (SSSR count). The molecule has 0 N–H and O–H groups in total. The Kier molecular flexibility index (Phi) is 3.37. The molecule has 5 nitrogen and oxygen atoms in total. The fourth-order valence-corrected chi connectivity index (χ4v) is 3.77. The monoisotopic (exact) mass is 346 g/mol. The summed E-state index contributed by atoms with van der Waals surface area (Å²) >= 11 is 0. The summed E-state index contributed by atoms with van der Waals surface area (Å²) in [5.74, 6) is 0.0500. The molecule has 0 aromatic heterocycles. The van der Waals surface area contributed by atoms with Crippen molar-refractivity contribution >= 4 is 28.8 Å². The molecule has 2 aromatic carbocycles. The molecule has 26 heavy (non-hydrogen) atoms. The number of hydrogen-bond donors (Lipinski definition) is 0. The van der Waals surface area contributed by atoms with Crippen molar-refractivity contribution in [1.29, 1.82) is 0 Å². The number of hydrogen-bond acceptors (Lipinski definition) is 4. The lowest BCUT2D eigenvalue weighted by atomic mass is 9.92. The highest BCUT2D eigenvalue weighted by molar-refractivity contribution is 6.31. The fourth-order valence-electron chi connectivity index (χ4n) is 3.77. The number of aryl methyl sites for hydroxylation is 1. The van der Waals surface area contributed by atoms with Gasteiger partial charge in [-0.15, -0.1) is 0 Å². The predicted octanol–water partition coefficient (Wildman–Crippen LogP) is 4.51. The summed E-state index contributed by atoms with van der Waals surface area (Å²) in [5.41, 5.74) is 4.37. The van der Waals surface area contributed by atoms with E-state index in [-0.39, 0.29) is 11.5 Å². The SMILES string of the molecule is Cc1cccc(C2=C3C=Cc4cc([N+](=O)[O-])ccc4N3C(C)(C)C2=O)c1. The number of benzene rings is 2. The smallest absolute Gasteiger partial charge is 0.270 e. The minimum absolute atomic E-state index is 0.0445. The van der Waals surface area contributed by atoms with Crippen LogP contribution in [0.1, 0.15) is 30.5 Å². The van der Waals surface area contributed by atoms with Gasteiger partial charge < -0.3 is 4.90 Å². The van der Waals surface area contributed by atoms with E-state index < -0.39 is 10.5 Å². The third kappa shape index (κ3) is 2.20. The number of carbonyl (C=O) groups is 1. The molecular formula is C21H18N2O3. The standard InChI is InChI=1S/C21H18N2O3/c1-13-5-4-6-15(11-13)19-18-9-7-14-12-16(23(25)26)8-10-17(14)22(18)21(2,3)20(19)24/h4-12H,1-3H3. The van der Waals surface area contributed by atoms with E-state index >= 15 is 0 Å². The van der Waals surface area contributed by atoms with Gasteiger partial charge in [0.2, 0.25) is 0 Å². The van der Waals surface area contributed by atoms with Crippen molar-refractivity contribution in [3.8, 4) is 0 Å². The van der Waals surface area contributed by atoms with Crippen molar-refractivity contribution in [2.24, 2.45) is 0 Å². The molecule has 130 valence electrons. The number of non-ortho nitro benzene ring substituents is 1. The Balaban J connectivity index is 1.94. The zero-order valence-electron chi connectivity index (χ0n) is 14.8. The lowest BCUT2D eigenvalue weighted by Crippen LogP contribution is -2.45. The quantitative estimate of drug-likeness (QED) is 0.593. The summed E-state index contributed by atoms with van der Waals surface area (Å²) in [6.07, 6.45) is 3.73. The number of nitro benzene ring substituents is 1. The lowest BCUT2D eigenvalue weighted by molar-refractivity contribution is -0.384. The van der Waals surface area contributed by atoms with E-state index in [4.69, 9.17) is 0 Å². The molecule has 0 atom stereocenters.